The summed E-state index contributed by atoms with van der Waals surface area (Å²) in [6.45, 7) is 2.09. The van der Waals surface area contributed by atoms with E-state index in [2.05, 4.69) is 11.9 Å². The summed E-state index contributed by atoms with van der Waals surface area (Å²) in [5, 5.41) is 0.978. The molecule has 18 heavy (non-hydrogen) atoms. The molecule has 0 aliphatic rings. The predicted molar refractivity (Wildman–Crippen MR) is 73.6 cm³/mol. The fourth-order valence-corrected chi connectivity index (χ4v) is 1.97. The van der Waals surface area contributed by atoms with Crippen LogP contribution in [0.15, 0.2) is 36.5 Å². The maximum absolute atomic E-state index is 12.1. The van der Waals surface area contributed by atoms with Crippen LogP contribution in [0.25, 0.3) is 10.9 Å². The van der Waals surface area contributed by atoms with Crippen LogP contribution >= 0.6 is 0 Å². The maximum atomic E-state index is 12.1. The number of fused-ring (bicyclic) bond motifs is 1. The minimum atomic E-state index is -0.409. The largest absolute Gasteiger partial charge is 0.321 e. The number of pyridine rings is 1. The lowest BCUT2D eigenvalue weighted by Crippen LogP contribution is -2.30. The van der Waals surface area contributed by atoms with Crippen LogP contribution in [0, 0.1) is 0 Å². The first kappa shape index (κ1) is 12.7. The number of hydrogen-bond acceptors (Lipinski definition) is 3. The molecule has 1 atom stereocenters. The van der Waals surface area contributed by atoms with Crippen molar-refractivity contribution in [2.24, 2.45) is 5.73 Å². The van der Waals surface area contributed by atoms with Crippen molar-refractivity contribution in [1.82, 2.24) is 4.98 Å². The number of carbonyl (C=O) groups is 1. The quantitative estimate of drug-likeness (QED) is 0.820. The second-order valence-electron chi connectivity index (χ2n) is 4.53. The Bertz CT molecular complexity index is 551. The smallest absolute Gasteiger partial charge is 0.181 e. The highest BCUT2D eigenvalue weighted by molar-refractivity contribution is 6.02. The zero-order valence-corrected chi connectivity index (χ0v) is 10.6. The van der Waals surface area contributed by atoms with Gasteiger partial charge in [-0.25, -0.2) is 0 Å². The summed E-state index contributed by atoms with van der Waals surface area (Å²) in [6, 6.07) is 9.22. The molecule has 94 valence electrons. The Morgan fingerprint density at radius 2 is 2.17 bits per heavy atom. The standard InChI is InChI=1S/C15H18N2O/c1-2-3-7-13(16)15(18)12-9-11-6-4-5-8-14(11)17-10-12/h4-6,8-10,13H,2-3,7,16H2,1H3. The first-order valence-corrected chi connectivity index (χ1v) is 6.37. The summed E-state index contributed by atoms with van der Waals surface area (Å²) in [7, 11) is 0. The van der Waals surface area contributed by atoms with E-state index in [0.717, 1.165) is 30.2 Å². The van der Waals surface area contributed by atoms with Gasteiger partial charge >= 0.3 is 0 Å². The Morgan fingerprint density at radius 3 is 2.94 bits per heavy atom. The first-order chi connectivity index (χ1) is 8.72. The molecule has 2 aromatic rings. The van der Waals surface area contributed by atoms with Crippen LogP contribution in [0.4, 0.5) is 0 Å². The molecule has 0 aliphatic heterocycles. The SMILES string of the molecule is CCCCC(N)C(=O)c1cnc2ccccc2c1. The van der Waals surface area contributed by atoms with Crippen molar-refractivity contribution in [3.63, 3.8) is 0 Å². The first-order valence-electron chi connectivity index (χ1n) is 6.37. The molecule has 0 saturated carbocycles. The molecule has 0 fully saturated rings. The van der Waals surface area contributed by atoms with E-state index in [1.807, 2.05) is 30.3 Å². The Morgan fingerprint density at radius 1 is 1.39 bits per heavy atom. The second-order valence-corrected chi connectivity index (χ2v) is 4.53. The summed E-state index contributed by atoms with van der Waals surface area (Å²) in [5.41, 5.74) is 7.41. The maximum Gasteiger partial charge on any atom is 0.181 e. The predicted octanol–water partition coefficient (Wildman–Crippen LogP) is 2.94. The third-order valence-electron chi connectivity index (χ3n) is 3.08. The van der Waals surface area contributed by atoms with Crippen LogP contribution in [-0.2, 0) is 0 Å². The lowest BCUT2D eigenvalue weighted by molar-refractivity contribution is 0.0956. The monoisotopic (exact) mass is 242 g/mol. The molecule has 0 bridgehead atoms. The molecular formula is C15H18N2O. The van der Waals surface area contributed by atoms with Crippen LogP contribution < -0.4 is 5.73 Å². The molecule has 2 N–H and O–H groups in total. The summed E-state index contributed by atoms with van der Waals surface area (Å²) < 4.78 is 0. The van der Waals surface area contributed by atoms with Gasteiger partial charge in [0.25, 0.3) is 0 Å². The molecule has 1 aromatic carbocycles. The summed E-state index contributed by atoms with van der Waals surface area (Å²) in [6.07, 6.45) is 4.39. The van der Waals surface area contributed by atoms with Gasteiger partial charge in [-0.1, -0.05) is 38.0 Å². The summed E-state index contributed by atoms with van der Waals surface area (Å²) >= 11 is 0. The van der Waals surface area contributed by atoms with Gasteiger partial charge in [-0.2, -0.15) is 0 Å². The van der Waals surface area contributed by atoms with E-state index < -0.39 is 6.04 Å². The number of unbranched alkanes of at least 4 members (excludes halogenated alkanes) is 1. The van der Waals surface area contributed by atoms with Gasteiger partial charge in [0.2, 0.25) is 0 Å². The van der Waals surface area contributed by atoms with Crippen LogP contribution in [0.3, 0.4) is 0 Å². The van der Waals surface area contributed by atoms with Crippen LogP contribution in [0.1, 0.15) is 36.5 Å². The van der Waals surface area contributed by atoms with Crippen molar-refractivity contribution >= 4 is 16.7 Å². The Hall–Kier alpha value is -1.74. The number of rotatable bonds is 5. The fourth-order valence-electron chi connectivity index (χ4n) is 1.97. The molecule has 0 amide bonds. The van der Waals surface area contributed by atoms with Crippen LogP contribution in [0.5, 0.6) is 0 Å². The number of nitrogens with zero attached hydrogens (tertiary/aromatic N) is 1. The van der Waals surface area contributed by atoms with Gasteiger partial charge in [0.1, 0.15) is 0 Å². The van der Waals surface area contributed by atoms with Crippen molar-refractivity contribution in [1.29, 1.82) is 0 Å². The fraction of sp³-hybridized carbons (Fsp3) is 0.333. The Labute approximate surface area is 107 Å². The Kier molecular flexibility index (Phi) is 4.05. The van der Waals surface area contributed by atoms with E-state index in [1.54, 1.807) is 6.20 Å². The van der Waals surface area contributed by atoms with Crippen molar-refractivity contribution in [2.75, 3.05) is 0 Å². The summed E-state index contributed by atoms with van der Waals surface area (Å²) in [5.74, 6) is -0.0123. The third-order valence-corrected chi connectivity index (χ3v) is 3.08. The highest BCUT2D eigenvalue weighted by Crippen LogP contribution is 2.14. The van der Waals surface area contributed by atoms with Gasteiger partial charge < -0.3 is 5.73 Å². The van der Waals surface area contributed by atoms with Gasteiger partial charge in [0.15, 0.2) is 5.78 Å². The second kappa shape index (κ2) is 5.74. The zero-order valence-electron chi connectivity index (χ0n) is 10.6. The highest BCUT2D eigenvalue weighted by atomic mass is 16.1. The summed E-state index contributed by atoms with van der Waals surface area (Å²) in [4.78, 5) is 16.4. The zero-order chi connectivity index (χ0) is 13.0. The molecule has 1 aromatic heterocycles. The normalized spacial score (nSPS) is 12.6. The van der Waals surface area contributed by atoms with Crippen molar-refractivity contribution in [3.05, 3.63) is 42.1 Å². The number of nitrogens with two attached hydrogens (primary N) is 1. The van der Waals surface area contributed by atoms with Crippen LogP contribution in [0.2, 0.25) is 0 Å². The number of para-hydroxylation sites is 1. The number of Topliss-reactive ketones (excluding diaryl/α,β-unsaturated/α-hetero) is 1. The lowest BCUT2D eigenvalue weighted by Gasteiger charge is -2.10. The number of aromatic nitrogens is 1. The Balaban J connectivity index is 2.22. The molecule has 0 aliphatic carbocycles. The van der Waals surface area contributed by atoms with E-state index in [1.165, 1.54) is 0 Å². The topological polar surface area (TPSA) is 56.0 Å². The molecule has 0 saturated heterocycles. The van der Waals surface area contributed by atoms with E-state index in [9.17, 15) is 4.79 Å². The number of carbonyl (C=O) groups excluding carboxylic acids is 1. The molecule has 1 heterocycles. The number of ketones is 1. The van der Waals surface area contributed by atoms with E-state index in [-0.39, 0.29) is 5.78 Å². The third kappa shape index (κ3) is 2.74. The minimum Gasteiger partial charge on any atom is -0.321 e. The molecule has 3 heteroatoms. The van der Waals surface area contributed by atoms with Crippen molar-refractivity contribution < 1.29 is 4.79 Å². The molecule has 1 unspecified atom stereocenters. The van der Waals surface area contributed by atoms with Gasteiger partial charge in [-0.15, -0.1) is 0 Å². The molecule has 2 rings (SSSR count). The van der Waals surface area contributed by atoms with Crippen molar-refractivity contribution in [3.8, 4) is 0 Å². The lowest BCUT2D eigenvalue weighted by atomic mass is 10.0. The van der Waals surface area contributed by atoms with Crippen LogP contribution in [-0.4, -0.2) is 16.8 Å². The average Bonchev–Trinajstić information content (AvgIpc) is 2.43. The minimum absolute atomic E-state index is 0.0123. The molecule has 3 nitrogen and oxygen atoms in total. The molecular weight excluding hydrogens is 224 g/mol. The van der Waals surface area contributed by atoms with Gasteiger partial charge in [0, 0.05) is 17.1 Å². The van der Waals surface area contributed by atoms with E-state index >= 15 is 0 Å². The van der Waals surface area contributed by atoms with E-state index in [0.29, 0.717) is 5.56 Å². The van der Waals surface area contributed by atoms with Gasteiger partial charge in [0.05, 0.1) is 11.6 Å². The molecule has 0 radical (unpaired) electrons. The number of hydrogen-bond donors (Lipinski definition) is 1. The van der Waals surface area contributed by atoms with Crippen molar-refractivity contribution in [2.45, 2.75) is 32.2 Å². The molecule has 0 spiro atoms. The van der Waals surface area contributed by atoms with Gasteiger partial charge in [-0.05, 0) is 18.6 Å². The average molecular weight is 242 g/mol. The highest BCUT2D eigenvalue weighted by Gasteiger charge is 2.15. The number of benzene rings is 1. The van der Waals surface area contributed by atoms with Gasteiger partial charge in [-0.3, -0.25) is 9.78 Å². The van der Waals surface area contributed by atoms with E-state index in [4.69, 9.17) is 5.73 Å².